The summed E-state index contributed by atoms with van der Waals surface area (Å²) in [6.07, 6.45) is -2.15. The standard InChI is InChI=1S/C24H19F4N7O/c1-12-3-4-16(33-22(36)17-10-14(5-6-30-17)24(26,27)28)19(25)18(12)15-9-13-11-32-23(29-2)34-20(13)35-8-7-31-21(15)35/h3-6,9-11,31H,7-8H2,1-2H3,(H,33,36). The molecule has 1 aromatic carbocycles. The van der Waals surface area contributed by atoms with Crippen LogP contribution in [0.3, 0.4) is 0 Å². The third kappa shape index (κ3) is 4.04. The van der Waals surface area contributed by atoms with Crippen molar-refractivity contribution in [3.05, 3.63) is 71.0 Å². The Kier molecular flexibility index (Phi) is 5.65. The van der Waals surface area contributed by atoms with Crippen molar-refractivity contribution in [1.29, 1.82) is 0 Å². The number of pyridine rings is 2. The highest BCUT2D eigenvalue weighted by atomic mass is 19.4. The van der Waals surface area contributed by atoms with E-state index in [1.807, 2.05) is 4.57 Å². The molecule has 4 heterocycles. The molecule has 1 aromatic heterocycles. The van der Waals surface area contributed by atoms with E-state index in [2.05, 4.69) is 30.6 Å². The molecule has 0 saturated carbocycles. The van der Waals surface area contributed by atoms with Gasteiger partial charge in [-0.3, -0.25) is 14.8 Å². The van der Waals surface area contributed by atoms with Gasteiger partial charge in [-0.25, -0.2) is 9.37 Å². The number of hydrogen-bond donors (Lipinski definition) is 2. The summed E-state index contributed by atoms with van der Waals surface area (Å²) in [5, 5.41) is 5.61. The van der Waals surface area contributed by atoms with E-state index in [0.29, 0.717) is 53.1 Å². The third-order valence-corrected chi connectivity index (χ3v) is 5.88. The summed E-state index contributed by atoms with van der Waals surface area (Å²) in [5.74, 6) is -0.400. The lowest BCUT2D eigenvalue weighted by Gasteiger charge is -2.19. The molecule has 2 aromatic rings. The molecule has 184 valence electrons. The maximum Gasteiger partial charge on any atom is 0.416 e. The summed E-state index contributed by atoms with van der Waals surface area (Å²) >= 11 is 0. The highest BCUT2D eigenvalue weighted by Gasteiger charge is 2.31. The van der Waals surface area contributed by atoms with E-state index in [0.717, 1.165) is 12.3 Å². The summed E-state index contributed by atoms with van der Waals surface area (Å²) in [5.41, 5.74) is 0.668. The quantitative estimate of drug-likeness (QED) is 0.415. The Labute approximate surface area is 202 Å². The van der Waals surface area contributed by atoms with Gasteiger partial charge in [0.15, 0.2) is 5.82 Å². The first kappa shape index (κ1) is 23.4. The summed E-state index contributed by atoms with van der Waals surface area (Å²) in [6.45, 7) is 2.93. The van der Waals surface area contributed by atoms with Gasteiger partial charge in [-0.05, 0) is 36.8 Å². The topological polar surface area (TPSA) is 97.1 Å². The fourth-order valence-corrected chi connectivity index (χ4v) is 4.18. The fraction of sp³-hybridized carbons (Fsp3) is 0.208. The lowest BCUT2D eigenvalue weighted by molar-refractivity contribution is -0.137. The van der Waals surface area contributed by atoms with Gasteiger partial charge < -0.3 is 15.2 Å². The lowest BCUT2D eigenvalue weighted by Crippen LogP contribution is -2.18. The van der Waals surface area contributed by atoms with Gasteiger partial charge in [0, 0.05) is 49.2 Å². The van der Waals surface area contributed by atoms with Crippen LogP contribution in [0.5, 0.6) is 0 Å². The Morgan fingerprint density at radius 2 is 2.00 bits per heavy atom. The van der Waals surface area contributed by atoms with E-state index in [-0.39, 0.29) is 11.3 Å². The molecular weight excluding hydrogens is 478 g/mol. The molecule has 5 rings (SSSR count). The monoisotopic (exact) mass is 497 g/mol. The molecule has 1 amide bonds. The van der Waals surface area contributed by atoms with Gasteiger partial charge in [0.2, 0.25) is 5.62 Å². The van der Waals surface area contributed by atoms with Crippen LogP contribution < -0.4 is 16.3 Å². The van der Waals surface area contributed by atoms with Crippen LogP contribution in [0.4, 0.5) is 29.1 Å². The summed E-state index contributed by atoms with van der Waals surface area (Å²) in [4.78, 5) is 29.0. The van der Waals surface area contributed by atoms with Gasteiger partial charge in [0.1, 0.15) is 17.3 Å². The molecule has 2 N–H and O–H groups in total. The minimum Gasteiger partial charge on any atom is -0.369 e. The van der Waals surface area contributed by atoms with Crippen molar-refractivity contribution < 1.29 is 22.4 Å². The second kappa shape index (κ2) is 8.70. The van der Waals surface area contributed by atoms with Gasteiger partial charge >= 0.3 is 6.18 Å². The molecule has 0 aliphatic carbocycles. The normalized spacial score (nSPS) is 13.6. The van der Waals surface area contributed by atoms with Crippen molar-refractivity contribution in [2.75, 3.05) is 24.2 Å². The number of aromatic nitrogens is 4. The van der Waals surface area contributed by atoms with Crippen molar-refractivity contribution in [2.45, 2.75) is 19.6 Å². The number of fused-ring (bicyclic) bond motifs is 3. The highest BCUT2D eigenvalue weighted by Crippen LogP contribution is 2.40. The molecule has 0 saturated heterocycles. The average molecular weight is 497 g/mol. The number of nitrogens with zero attached hydrogens (tertiary/aromatic N) is 5. The van der Waals surface area contributed by atoms with E-state index < -0.39 is 29.2 Å². The molecule has 0 unspecified atom stereocenters. The maximum atomic E-state index is 15.9. The Bertz CT molecular complexity index is 1540. The number of benzene rings is 1. The van der Waals surface area contributed by atoms with Crippen molar-refractivity contribution >= 4 is 17.4 Å². The van der Waals surface area contributed by atoms with Crippen LogP contribution in [-0.4, -0.2) is 39.0 Å². The summed E-state index contributed by atoms with van der Waals surface area (Å²) < 4.78 is 56.9. The Balaban J connectivity index is 1.59. The SMILES string of the molecule is CN=c1ncc2cc(-c3c(C)ccc(NC(=O)c4cc(C(F)(F)F)ccn4)c3F)c3n(c-2n1)CCN3. The first-order chi connectivity index (χ1) is 17.2. The molecule has 3 aliphatic rings. The second-order valence-electron chi connectivity index (χ2n) is 8.16. The number of hydrogen-bond acceptors (Lipinski definition) is 6. The number of alkyl halides is 3. The van der Waals surface area contributed by atoms with Gasteiger partial charge in [-0.1, -0.05) is 6.07 Å². The second-order valence-corrected chi connectivity index (χ2v) is 8.16. The third-order valence-electron chi connectivity index (χ3n) is 5.88. The molecule has 3 aliphatic heterocycles. The van der Waals surface area contributed by atoms with Crippen molar-refractivity contribution in [2.24, 2.45) is 4.99 Å². The molecule has 0 bridgehead atoms. The minimum atomic E-state index is -4.64. The first-order valence-electron chi connectivity index (χ1n) is 10.9. The molecule has 0 atom stereocenters. The lowest BCUT2D eigenvalue weighted by atomic mass is 9.97. The van der Waals surface area contributed by atoms with E-state index in [1.54, 1.807) is 32.3 Å². The molecule has 0 radical (unpaired) electrons. The number of carbonyl (C=O) groups excluding carboxylic acids is 1. The number of amides is 1. The molecular formula is C24H19F4N7O. The molecule has 36 heavy (non-hydrogen) atoms. The number of nitrogens with one attached hydrogen (secondary N) is 2. The van der Waals surface area contributed by atoms with Crippen LogP contribution in [0.1, 0.15) is 21.6 Å². The predicted molar refractivity (Wildman–Crippen MR) is 124 cm³/mol. The van der Waals surface area contributed by atoms with Gasteiger partial charge in [-0.15, -0.1) is 0 Å². The summed E-state index contributed by atoms with van der Waals surface area (Å²) in [6, 6.07) is 6.12. The Morgan fingerprint density at radius 1 is 1.19 bits per heavy atom. The van der Waals surface area contributed by atoms with Crippen LogP contribution >= 0.6 is 0 Å². The molecule has 0 spiro atoms. The van der Waals surface area contributed by atoms with Gasteiger partial charge in [-0.2, -0.15) is 18.2 Å². The first-order valence-corrected chi connectivity index (χ1v) is 10.9. The van der Waals surface area contributed by atoms with Crippen molar-refractivity contribution in [1.82, 2.24) is 19.5 Å². The van der Waals surface area contributed by atoms with Crippen LogP contribution in [0.25, 0.3) is 22.5 Å². The van der Waals surface area contributed by atoms with Crippen LogP contribution in [0.15, 0.2) is 47.7 Å². The van der Waals surface area contributed by atoms with Gasteiger partial charge in [0.05, 0.1) is 11.3 Å². The number of anilines is 2. The number of carbonyl (C=O) groups is 1. The zero-order valence-corrected chi connectivity index (χ0v) is 19.1. The average Bonchev–Trinajstić information content (AvgIpc) is 3.36. The number of rotatable bonds is 3. The smallest absolute Gasteiger partial charge is 0.369 e. The molecule has 12 heteroatoms. The zero-order valence-electron chi connectivity index (χ0n) is 19.1. The minimum absolute atomic E-state index is 0.187. The van der Waals surface area contributed by atoms with Crippen LogP contribution in [-0.2, 0) is 12.7 Å². The van der Waals surface area contributed by atoms with Crippen LogP contribution in [0.2, 0.25) is 0 Å². The van der Waals surface area contributed by atoms with Crippen molar-refractivity contribution in [3.8, 4) is 22.5 Å². The van der Waals surface area contributed by atoms with E-state index in [1.165, 1.54) is 6.07 Å². The molecule has 8 nitrogen and oxygen atoms in total. The van der Waals surface area contributed by atoms with E-state index in [4.69, 9.17) is 0 Å². The Morgan fingerprint density at radius 3 is 2.75 bits per heavy atom. The zero-order chi connectivity index (χ0) is 25.6. The highest BCUT2D eigenvalue weighted by molar-refractivity contribution is 6.03. The van der Waals surface area contributed by atoms with Crippen LogP contribution in [0, 0.1) is 12.7 Å². The van der Waals surface area contributed by atoms with E-state index >= 15 is 4.39 Å². The predicted octanol–water partition coefficient (Wildman–Crippen LogP) is 4.12. The molecule has 0 fully saturated rings. The van der Waals surface area contributed by atoms with Gasteiger partial charge in [0.25, 0.3) is 5.91 Å². The fourth-order valence-electron chi connectivity index (χ4n) is 4.18. The maximum absolute atomic E-state index is 15.9. The summed E-state index contributed by atoms with van der Waals surface area (Å²) in [7, 11) is 1.59. The number of aryl methyl sites for hydroxylation is 1. The Hall–Kier alpha value is -4.35. The van der Waals surface area contributed by atoms with Crippen molar-refractivity contribution in [3.63, 3.8) is 0 Å². The number of halogens is 4. The largest absolute Gasteiger partial charge is 0.416 e. The van der Waals surface area contributed by atoms with E-state index in [9.17, 15) is 18.0 Å².